The largest absolute Gasteiger partial charge is 0.476 e. The molecule has 0 atom stereocenters. The first kappa shape index (κ1) is 16.2. The van der Waals surface area contributed by atoms with Crippen LogP contribution in [0.4, 0.5) is 5.69 Å². The van der Waals surface area contributed by atoms with Gasteiger partial charge in [0.25, 0.3) is 5.69 Å². The molecule has 1 N–H and O–H groups in total. The highest BCUT2D eigenvalue weighted by atomic mass is 16.6. The summed E-state index contributed by atoms with van der Waals surface area (Å²) in [6.07, 6.45) is 1.91. The van der Waals surface area contributed by atoms with Crippen LogP contribution in [0.5, 0.6) is 0 Å². The van der Waals surface area contributed by atoms with Gasteiger partial charge in [0.2, 0.25) is 0 Å². The van der Waals surface area contributed by atoms with E-state index in [1.807, 2.05) is 11.5 Å². The first-order valence-corrected chi connectivity index (χ1v) is 8.29. The van der Waals surface area contributed by atoms with Crippen LogP contribution in [0, 0.1) is 17.0 Å². The van der Waals surface area contributed by atoms with Gasteiger partial charge in [-0.3, -0.25) is 10.1 Å². The standard InChI is InChI=1S/C18H16N4O4/c1-10-8-13-15(18(23)24)19-16(11-6-7-11)20-17(13)21(10)9-12-4-2-3-5-14(12)22(25)26/h2-5,8,11H,6-7,9H2,1H3,(H,23,24). The van der Waals surface area contributed by atoms with Crippen molar-refractivity contribution in [1.29, 1.82) is 0 Å². The average molecular weight is 352 g/mol. The van der Waals surface area contributed by atoms with Crippen LogP contribution in [-0.2, 0) is 6.54 Å². The number of carboxylic acids is 1. The second-order valence-corrected chi connectivity index (χ2v) is 6.50. The second-order valence-electron chi connectivity index (χ2n) is 6.50. The Labute approximate surface area is 148 Å². The third-order valence-corrected chi connectivity index (χ3v) is 4.64. The van der Waals surface area contributed by atoms with Gasteiger partial charge in [-0.2, -0.15) is 0 Å². The van der Waals surface area contributed by atoms with Gasteiger partial charge in [-0.25, -0.2) is 14.8 Å². The molecule has 0 aliphatic heterocycles. The number of carboxylic acid groups (broad SMARTS) is 1. The summed E-state index contributed by atoms with van der Waals surface area (Å²) < 4.78 is 1.82. The predicted octanol–water partition coefficient (Wildman–Crippen LogP) is 3.27. The quantitative estimate of drug-likeness (QED) is 0.557. The van der Waals surface area contributed by atoms with Crippen LogP contribution in [0.2, 0.25) is 0 Å². The van der Waals surface area contributed by atoms with E-state index in [0.29, 0.717) is 22.4 Å². The zero-order valence-electron chi connectivity index (χ0n) is 14.0. The number of nitrogens with zero attached hydrogens (tertiary/aromatic N) is 4. The number of nitro benzene ring substituents is 1. The van der Waals surface area contributed by atoms with Crippen molar-refractivity contribution in [2.45, 2.75) is 32.2 Å². The van der Waals surface area contributed by atoms with Crippen LogP contribution in [-0.4, -0.2) is 30.5 Å². The lowest BCUT2D eigenvalue weighted by Gasteiger charge is -2.09. The highest BCUT2D eigenvalue weighted by Gasteiger charge is 2.30. The summed E-state index contributed by atoms with van der Waals surface area (Å²) in [4.78, 5) is 31.3. The maximum atomic E-state index is 11.6. The monoisotopic (exact) mass is 352 g/mol. The molecule has 0 amide bonds. The predicted molar refractivity (Wildman–Crippen MR) is 93.4 cm³/mol. The zero-order chi connectivity index (χ0) is 18.4. The number of nitro groups is 1. The van der Waals surface area contributed by atoms with E-state index >= 15 is 0 Å². The Balaban J connectivity index is 1.89. The first-order valence-electron chi connectivity index (χ1n) is 8.29. The van der Waals surface area contributed by atoms with Crippen LogP contribution in [0.25, 0.3) is 11.0 Å². The van der Waals surface area contributed by atoms with Gasteiger partial charge in [0.1, 0.15) is 11.5 Å². The van der Waals surface area contributed by atoms with E-state index in [9.17, 15) is 20.0 Å². The van der Waals surface area contributed by atoms with Crippen molar-refractivity contribution in [3.05, 3.63) is 63.2 Å². The second kappa shape index (κ2) is 5.91. The van der Waals surface area contributed by atoms with Crippen LogP contribution in [0.15, 0.2) is 30.3 Å². The molecule has 4 rings (SSSR count). The number of hydrogen-bond donors (Lipinski definition) is 1. The van der Waals surface area contributed by atoms with Gasteiger partial charge in [0.15, 0.2) is 5.69 Å². The van der Waals surface area contributed by atoms with Crippen LogP contribution >= 0.6 is 0 Å². The number of carbonyl (C=O) groups is 1. The smallest absolute Gasteiger partial charge is 0.355 e. The number of aromatic nitrogens is 3. The molecule has 1 aliphatic carbocycles. The Kier molecular flexibility index (Phi) is 3.68. The Morgan fingerprint density at radius 2 is 2.08 bits per heavy atom. The number of fused-ring (bicyclic) bond motifs is 1. The maximum absolute atomic E-state index is 11.6. The fourth-order valence-electron chi connectivity index (χ4n) is 3.15. The zero-order valence-corrected chi connectivity index (χ0v) is 14.0. The number of aryl methyl sites for hydroxylation is 1. The van der Waals surface area contributed by atoms with E-state index in [0.717, 1.165) is 18.5 Å². The Morgan fingerprint density at radius 1 is 1.35 bits per heavy atom. The van der Waals surface area contributed by atoms with E-state index in [1.54, 1.807) is 24.3 Å². The van der Waals surface area contributed by atoms with Gasteiger partial charge in [-0.05, 0) is 25.8 Å². The molecule has 8 nitrogen and oxygen atoms in total. The summed E-state index contributed by atoms with van der Waals surface area (Å²) >= 11 is 0. The molecule has 0 spiro atoms. The number of aromatic carboxylic acids is 1. The summed E-state index contributed by atoms with van der Waals surface area (Å²) in [5.74, 6) is -0.355. The molecule has 1 saturated carbocycles. The molecule has 132 valence electrons. The van der Waals surface area contributed by atoms with Crippen molar-refractivity contribution in [3.63, 3.8) is 0 Å². The lowest BCUT2D eigenvalue weighted by Crippen LogP contribution is -2.09. The van der Waals surface area contributed by atoms with E-state index in [4.69, 9.17) is 0 Å². The first-order chi connectivity index (χ1) is 12.5. The van der Waals surface area contributed by atoms with Crippen molar-refractivity contribution >= 4 is 22.7 Å². The number of rotatable bonds is 5. The van der Waals surface area contributed by atoms with E-state index in [2.05, 4.69) is 9.97 Å². The van der Waals surface area contributed by atoms with Crippen LogP contribution in [0.1, 0.15) is 46.3 Å². The van der Waals surface area contributed by atoms with Crippen LogP contribution in [0.3, 0.4) is 0 Å². The molecule has 1 aromatic carbocycles. The van der Waals surface area contributed by atoms with Gasteiger partial charge in [0, 0.05) is 23.2 Å². The van der Waals surface area contributed by atoms with Gasteiger partial charge in [-0.15, -0.1) is 0 Å². The van der Waals surface area contributed by atoms with Crippen molar-refractivity contribution in [3.8, 4) is 0 Å². The molecular formula is C18H16N4O4. The van der Waals surface area contributed by atoms with Crippen LogP contribution < -0.4 is 0 Å². The summed E-state index contributed by atoms with van der Waals surface area (Å²) in [5.41, 5.74) is 1.85. The lowest BCUT2D eigenvalue weighted by molar-refractivity contribution is -0.385. The fourth-order valence-corrected chi connectivity index (χ4v) is 3.15. The summed E-state index contributed by atoms with van der Waals surface area (Å²) in [5, 5.41) is 21.3. The van der Waals surface area contributed by atoms with Crippen molar-refractivity contribution in [1.82, 2.24) is 14.5 Å². The molecule has 0 unspecified atom stereocenters. The Morgan fingerprint density at radius 3 is 2.73 bits per heavy atom. The number of hydrogen-bond acceptors (Lipinski definition) is 5. The summed E-state index contributed by atoms with van der Waals surface area (Å²) in [6.45, 7) is 2.07. The van der Waals surface area contributed by atoms with E-state index < -0.39 is 10.9 Å². The highest BCUT2D eigenvalue weighted by Crippen LogP contribution is 2.39. The molecule has 0 saturated heterocycles. The minimum atomic E-state index is -1.10. The van der Waals surface area contributed by atoms with Gasteiger partial charge in [0.05, 0.1) is 16.9 Å². The molecule has 2 aromatic heterocycles. The van der Waals surface area contributed by atoms with Gasteiger partial charge >= 0.3 is 5.97 Å². The molecule has 3 aromatic rings. The molecule has 1 fully saturated rings. The lowest BCUT2D eigenvalue weighted by atomic mass is 10.2. The Hall–Kier alpha value is -3.29. The fraction of sp³-hybridized carbons (Fsp3) is 0.278. The van der Waals surface area contributed by atoms with E-state index in [-0.39, 0.29) is 23.8 Å². The van der Waals surface area contributed by atoms with Crippen molar-refractivity contribution in [2.75, 3.05) is 0 Å². The molecule has 1 aliphatic rings. The SMILES string of the molecule is Cc1cc2c(C(=O)O)nc(C3CC3)nc2n1Cc1ccccc1[N+](=O)[O-]. The molecular weight excluding hydrogens is 336 g/mol. The molecule has 26 heavy (non-hydrogen) atoms. The summed E-state index contributed by atoms with van der Waals surface area (Å²) in [6, 6.07) is 8.26. The molecule has 0 bridgehead atoms. The minimum absolute atomic E-state index is 0.0127. The minimum Gasteiger partial charge on any atom is -0.476 e. The molecule has 2 heterocycles. The van der Waals surface area contributed by atoms with Crippen molar-refractivity contribution < 1.29 is 14.8 Å². The van der Waals surface area contributed by atoms with Gasteiger partial charge in [-0.1, -0.05) is 18.2 Å². The maximum Gasteiger partial charge on any atom is 0.355 e. The normalized spacial score (nSPS) is 13.9. The number of para-hydroxylation sites is 1. The highest BCUT2D eigenvalue weighted by molar-refractivity contribution is 6.00. The third kappa shape index (κ3) is 2.69. The molecule has 0 radical (unpaired) electrons. The van der Waals surface area contributed by atoms with E-state index in [1.165, 1.54) is 6.07 Å². The third-order valence-electron chi connectivity index (χ3n) is 4.64. The average Bonchev–Trinajstić information content (AvgIpc) is 3.40. The van der Waals surface area contributed by atoms with Crippen molar-refractivity contribution in [2.24, 2.45) is 0 Å². The number of benzene rings is 1. The Bertz CT molecular complexity index is 1050. The van der Waals surface area contributed by atoms with Gasteiger partial charge < -0.3 is 9.67 Å². The molecule has 8 heteroatoms. The topological polar surface area (TPSA) is 111 Å². The summed E-state index contributed by atoms with van der Waals surface area (Å²) in [7, 11) is 0.